The van der Waals surface area contributed by atoms with Gasteiger partial charge < -0.3 is 15.4 Å². The summed E-state index contributed by atoms with van der Waals surface area (Å²) in [5.74, 6) is -0.0621. The Morgan fingerprint density at radius 1 is 1.14 bits per heavy atom. The molecule has 2 aromatic carbocycles. The molecule has 3 rings (SSSR count). The van der Waals surface area contributed by atoms with Gasteiger partial charge in [-0.25, -0.2) is 4.79 Å². The lowest BCUT2D eigenvalue weighted by Gasteiger charge is -2.10. The molecular formula is C17H16N2O3. The number of hydrogen-bond donors (Lipinski definition) is 2. The summed E-state index contributed by atoms with van der Waals surface area (Å²) in [5, 5.41) is 5.47. The van der Waals surface area contributed by atoms with Crippen LogP contribution in [0.4, 0.5) is 10.5 Å². The van der Waals surface area contributed by atoms with E-state index in [1.54, 1.807) is 0 Å². The van der Waals surface area contributed by atoms with Crippen molar-refractivity contribution >= 4 is 17.7 Å². The van der Waals surface area contributed by atoms with Crippen LogP contribution in [0.3, 0.4) is 0 Å². The summed E-state index contributed by atoms with van der Waals surface area (Å²) in [7, 11) is 0. The van der Waals surface area contributed by atoms with Crippen molar-refractivity contribution in [3.05, 3.63) is 65.7 Å². The lowest BCUT2D eigenvalue weighted by Crippen LogP contribution is -2.14. The van der Waals surface area contributed by atoms with Crippen molar-refractivity contribution in [2.24, 2.45) is 0 Å². The predicted octanol–water partition coefficient (Wildman–Crippen LogP) is 2.65. The van der Waals surface area contributed by atoms with E-state index in [0.29, 0.717) is 13.0 Å². The third-order valence-corrected chi connectivity index (χ3v) is 3.45. The quantitative estimate of drug-likeness (QED) is 0.911. The van der Waals surface area contributed by atoms with E-state index in [1.807, 2.05) is 54.6 Å². The Labute approximate surface area is 128 Å². The third-order valence-electron chi connectivity index (χ3n) is 3.45. The van der Waals surface area contributed by atoms with Crippen LogP contribution in [0.1, 0.15) is 17.2 Å². The molecule has 1 fully saturated rings. The Balaban J connectivity index is 1.59. The Morgan fingerprint density at radius 2 is 1.86 bits per heavy atom. The van der Waals surface area contributed by atoms with Gasteiger partial charge in [-0.15, -0.1) is 0 Å². The van der Waals surface area contributed by atoms with E-state index in [9.17, 15) is 9.59 Å². The van der Waals surface area contributed by atoms with Crippen LogP contribution in [0.15, 0.2) is 54.6 Å². The number of carbonyl (C=O) groups excluding carboxylic acids is 2. The first kappa shape index (κ1) is 14.1. The van der Waals surface area contributed by atoms with Crippen LogP contribution < -0.4 is 10.6 Å². The molecule has 0 aliphatic carbocycles. The molecule has 5 heteroatoms. The minimum Gasteiger partial charge on any atom is -0.439 e. The number of nitrogens with one attached hydrogen (secondary N) is 2. The van der Waals surface area contributed by atoms with Crippen molar-refractivity contribution in [3.63, 3.8) is 0 Å². The number of benzene rings is 2. The summed E-state index contributed by atoms with van der Waals surface area (Å²) in [6.07, 6.45) is -0.320. The molecule has 1 aliphatic heterocycles. The molecule has 0 bridgehead atoms. The molecule has 112 valence electrons. The van der Waals surface area contributed by atoms with E-state index in [2.05, 4.69) is 10.6 Å². The highest BCUT2D eigenvalue weighted by Crippen LogP contribution is 2.22. The van der Waals surface area contributed by atoms with Crippen molar-refractivity contribution in [3.8, 4) is 0 Å². The maximum Gasteiger partial charge on any atom is 0.407 e. The lowest BCUT2D eigenvalue weighted by molar-refractivity contribution is -0.115. The maximum absolute atomic E-state index is 12.0. The van der Waals surface area contributed by atoms with Crippen molar-refractivity contribution in [2.75, 3.05) is 11.9 Å². The molecule has 2 N–H and O–H groups in total. The largest absolute Gasteiger partial charge is 0.439 e. The fourth-order valence-corrected chi connectivity index (χ4v) is 2.34. The molecule has 2 amide bonds. The molecule has 0 saturated carbocycles. The van der Waals surface area contributed by atoms with Crippen LogP contribution >= 0.6 is 0 Å². The molecule has 1 atom stereocenters. The highest BCUT2D eigenvalue weighted by atomic mass is 16.6. The summed E-state index contributed by atoms with van der Waals surface area (Å²) in [6, 6.07) is 16.9. The van der Waals surface area contributed by atoms with Crippen LogP contribution in [0, 0.1) is 0 Å². The molecule has 0 spiro atoms. The number of amides is 2. The molecule has 22 heavy (non-hydrogen) atoms. The van der Waals surface area contributed by atoms with Gasteiger partial charge in [0.1, 0.15) is 6.10 Å². The smallest absolute Gasteiger partial charge is 0.407 e. The van der Waals surface area contributed by atoms with Gasteiger partial charge in [0.05, 0.1) is 13.0 Å². The van der Waals surface area contributed by atoms with Gasteiger partial charge in [0.2, 0.25) is 5.91 Å². The second kappa shape index (κ2) is 6.30. The molecule has 0 radical (unpaired) electrons. The summed E-state index contributed by atoms with van der Waals surface area (Å²) in [5.41, 5.74) is 2.60. The van der Waals surface area contributed by atoms with Gasteiger partial charge >= 0.3 is 6.09 Å². The highest BCUT2D eigenvalue weighted by Gasteiger charge is 2.23. The Bertz CT molecular complexity index is 668. The van der Waals surface area contributed by atoms with Gasteiger partial charge in [-0.3, -0.25) is 4.79 Å². The van der Waals surface area contributed by atoms with Crippen LogP contribution in [-0.4, -0.2) is 18.5 Å². The number of ether oxygens (including phenoxy) is 1. The second-order valence-electron chi connectivity index (χ2n) is 5.11. The molecule has 1 heterocycles. The highest BCUT2D eigenvalue weighted by molar-refractivity contribution is 5.92. The van der Waals surface area contributed by atoms with Gasteiger partial charge in [0.25, 0.3) is 0 Å². The maximum atomic E-state index is 12.0. The monoisotopic (exact) mass is 296 g/mol. The fourth-order valence-electron chi connectivity index (χ4n) is 2.34. The zero-order chi connectivity index (χ0) is 15.4. The number of hydrogen-bond acceptors (Lipinski definition) is 3. The molecular weight excluding hydrogens is 280 g/mol. The van der Waals surface area contributed by atoms with E-state index in [4.69, 9.17) is 4.74 Å². The van der Waals surface area contributed by atoms with Crippen LogP contribution in [0.5, 0.6) is 0 Å². The van der Waals surface area contributed by atoms with E-state index >= 15 is 0 Å². The van der Waals surface area contributed by atoms with E-state index in [-0.39, 0.29) is 12.0 Å². The number of rotatable bonds is 4. The number of anilines is 1. The SMILES string of the molecule is O=C(Cc1ccccc1)Nc1ccc(C2CNC(=O)O2)cc1. The predicted molar refractivity (Wildman–Crippen MR) is 82.4 cm³/mol. The zero-order valence-corrected chi connectivity index (χ0v) is 11.9. The molecule has 1 saturated heterocycles. The van der Waals surface area contributed by atoms with Crippen molar-refractivity contribution in [1.82, 2.24) is 5.32 Å². The molecule has 2 aromatic rings. The topological polar surface area (TPSA) is 67.4 Å². The van der Waals surface area contributed by atoms with Crippen molar-refractivity contribution in [2.45, 2.75) is 12.5 Å². The first-order valence-corrected chi connectivity index (χ1v) is 7.09. The Morgan fingerprint density at radius 3 is 2.50 bits per heavy atom. The van der Waals surface area contributed by atoms with E-state index in [1.165, 1.54) is 0 Å². The van der Waals surface area contributed by atoms with E-state index < -0.39 is 6.09 Å². The fraction of sp³-hybridized carbons (Fsp3) is 0.176. The number of carbonyl (C=O) groups is 2. The van der Waals surface area contributed by atoms with Crippen molar-refractivity contribution in [1.29, 1.82) is 0 Å². The van der Waals surface area contributed by atoms with Crippen molar-refractivity contribution < 1.29 is 14.3 Å². The normalized spacial score (nSPS) is 16.7. The average molecular weight is 296 g/mol. The van der Waals surface area contributed by atoms with Gasteiger partial charge in [-0.2, -0.15) is 0 Å². The summed E-state index contributed by atoms with van der Waals surface area (Å²) in [6.45, 7) is 0.471. The van der Waals surface area contributed by atoms with Gasteiger partial charge in [0, 0.05) is 5.69 Å². The Kier molecular flexibility index (Phi) is 4.05. The summed E-state index contributed by atoms with van der Waals surface area (Å²) in [4.78, 5) is 23.0. The molecule has 5 nitrogen and oxygen atoms in total. The van der Waals surface area contributed by atoms with Crippen LogP contribution in [-0.2, 0) is 16.0 Å². The van der Waals surface area contributed by atoms with Crippen LogP contribution in [0.2, 0.25) is 0 Å². The molecule has 0 aromatic heterocycles. The minimum atomic E-state index is -0.398. The first-order valence-electron chi connectivity index (χ1n) is 7.09. The third kappa shape index (κ3) is 3.44. The summed E-state index contributed by atoms with van der Waals surface area (Å²) < 4.78 is 5.11. The van der Waals surface area contributed by atoms with Gasteiger partial charge in [-0.05, 0) is 23.3 Å². The van der Waals surface area contributed by atoms with Crippen LogP contribution in [0.25, 0.3) is 0 Å². The molecule has 1 aliphatic rings. The average Bonchev–Trinajstić information content (AvgIpc) is 2.95. The number of alkyl carbamates (subject to hydrolysis) is 1. The molecule has 1 unspecified atom stereocenters. The minimum absolute atomic E-state index is 0.0621. The lowest BCUT2D eigenvalue weighted by atomic mass is 10.1. The summed E-state index contributed by atoms with van der Waals surface area (Å²) >= 11 is 0. The van der Waals surface area contributed by atoms with Gasteiger partial charge in [0.15, 0.2) is 0 Å². The number of cyclic esters (lactones) is 1. The second-order valence-corrected chi connectivity index (χ2v) is 5.11. The first-order chi connectivity index (χ1) is 10.7. The van der Waals surface area contributed by atoms with E-state index in [0.717, 1.165) is 16.8 Å². The standard InChI is InChI=1S/C17H16N2O3/c20-16(10-12-4-2-1-3-5-12)19-14-8-6-13(7-9-14)15-11-18-17(21)22-15/h1-9,15H,10-11H2,(H,18,21)(H,19,20). The Hall–Kier alpha value is -2.82. The zero-order valence-electron chi connectivity index (χ0n) is 11.9. The van der Waals surface area contributed by atoms with Gasteiger partial charge in [-0.1, -0.05) is 42.5 Å².